The molecule has 0 saturated carbocycles. The van der Waals surface area contributed by atoms with Gasteiger partial charge >= 0.3 is 6.01 Å². The van der Waals surface area contributed by atoms with Crippen molar-refractivity contribution < 1.29 is 9.21 Å². The number of rotatable bonds is 4. The summed E-state index contributed by atoms with van der Waals surface area (Å²) in [5, 5.41) is 9.77. The Bertz CT molecular complexity index is 1420. The average molecular weight is 472 g/mol. The van der Waals surface area contributed by atoms with Crippen molar-refractivity contribution in [1.29, 1.82) is 0 Å². The SMILES string of the molecule is CC1=C(C(=O)Nc2cccc(C)c2)C(c2ccccc2Cl)N=C(Nc2nc3ccccc3o2)N1. The number of allylic oxidation sites excluding steroid dienone is 1. The molecule has 1 aliphatic heterocycles. The fraction of sp³-hybridized carbons (Fsp3) is 0.115. The average Bonchev–Trinajstić information content (AvgIpc) is 3.21. The Balaban J connectivity index is 1.49. The van der Waals surface area contributed by atoms with Crippen LogP contribution in [0.15, 0.2) is 93.5 Å². The first-order valence-electron chi connectivity index (χ1n) is 10.8. The highest BCUT2D eigenvalue weighted by Gasteiger charge is 2.31. The molecule has 3 aromatic carbocycles. The first-order valence-corrected chi connectivity index (χ1v) is 11.2. The third-order valence-electron chi connectivity index (χ3n) is 5.48. The quantitative estimate of drug-likeness (QED) is 0.349. The summed E-state index contributed by atoms with van der Waals surface area (Å²) in [7, 11) is 0. The number of benzene rings is 3. The van der Waals surface area contributed by atoms with Gasteiger partial charge in [-0.15, -0.1) is 0 Å². The summed E-state index contributed by atoms with van der Waals surface area (Å²) in [6.07, 6.45) is 0. The molecule has 8 heteroatoms. The molecule has 0 aliphatic carbocycles. The van der Waals surface area contributed by atoms with E-state index < -0.39 is 6.04 Å². The van der Waals surface area contributed by atoms with Gasteiger partial charge in [-0.1, -0.05) is 54.1 Å². The zero-order valence-electron chi connectivity index (χ0n) is 18.6. The van der Waals surface area contributed by atoms with Gasteiger partial charge in [-0.05, 0) is 49.7 Å². The highest BCUT2D eigenvalue weighted by atomic mass is 35.5. The molecule has 3 N–H and O–H groups in total. The van der Waals surface area contributed by atoms with E-state index in [1.165, 1.54) is 0 Å². The summed E-state index contributed by atoms with van der Waals surface area (Å²) >= 11 is 6.52. The number of aliphatic imine (C=N–C) groups is 1. The third kappa shape index (κ3) is 4.38. The Morgan fingerprint density at radius 3 is 2.62 bits per heavy atom. The van der Waals surface area contributed by atoms with Crippen molar-refractivity contribution in [2.24, 2.45) is 4.99 Å². The minimum atomic E-state index is -0.633. The minimum Gasteiger partial charge on any atom is -0.423 e. The summed E-state index contributed by atoms with van der Waals surface area (Å²) in [6.45, 7) is 3.81. The van der Waals surface area contributed by atoms with Crippen LogP contribution in [0.1, 0.15) is 24.1 Å². The number of hydrogen-bond acceptors (Lipinski definition) is 6. The van der Waals surface area contributed by atoms with Gasteiger partial charge in [-0.25, -0.2) is 4.99 Å². The number of guanidine groups is 1. The number of fused-ring (bicyclic) bond motifs is 1. The lowest BCUT2D eigenvalue weighted by molar-refractivity contribution is -0.113. The minimum absolute atomic E-state index is 0.259. The highest BCUT2D eigenvalue weighted by Crippen LogP contribution is 2.35. The maximum absolute atomic E-state index is 13.4. The van der Waals surface area contributed by atoms with Gasteiger partial charge in [-0.2, -0.15) is 4.98 Å². The summed E-state index contributed by atoms with van der Waals surface area (Å²) < 4.78 is 5.77. The van der Waals surface area contributed by atoms with Gasteiger partial charge in [0, 0.05) is 22.0 Å². The number of amides is 1. The Morgan fingerprint density at radius 2 is 1.82 bits per heavy atom. The van der Waals surface area contributed by atoms with Crippen molar-refractivity contribution in [2.45, 2.75) is 19.9 Å². The van der Waals surface area contributed by atoms with E-state index in [4.69, 9.17) is 21.0 Å². The second-order valence-corrected chi connectivity index (χ2v) is 8.41. The molecule has 7 nitrogen and oxygen atoms in total. The van der Waals surface area contributed by atoms with Gasteiger partial charge in [0.15, 0.2) is 5.58 Å². The second-order valence-electron chi connectivity index (χ2n) is 8.00. The van der Waals surface area contributed by atoms with E-state index >= 15 is 0 Å². The third-order valence-corrected chi connectivity index (χ3v) is 5.83. The van der Waals surface area contributed by atoms with Gasteiger partial charge in [0.05, 0.1) is 5.57 Å². The normalized spacial score (nSPS) is 15.6. The molecular weight excluding hydrogens is 450 g/mol. The van der Waals surface area contributed by atoms with E-state index in [0.717, 1.165) is 16.6 Å². The lowest BCUT2D eigenvalue weighted by Crippen LogP contribution is -2.37. The van der Waals surface area contributed by atoms with Crippen LogP contribution in [-0.2, 0) is 4.79 Å². The summed E-state index contributed by atoms with van der Waals surface area (Å²) in [4.78, 5) is 22.6. The van der Waals surface area contributed by atoms with Crippen LogP contribution in [-0.4, -0.2) is 16.9 Å². The first kappa shape index (κ1) is 21.7. The molecule has 1 aromatic heterocycles. The van der Waals surface area contributed by atoms with Crippen molar-refractivity contribution in [3.63, 3.8) is 0 Å². The van der Waals surface area contributed by atoms with E-state index in [9.17, 15) is 4.79 Å². The van der Waals surface area contributed by atoms with Gasteiger partial charge in [0.25, 0.3) is 5.91 Å². The van der Waals surface area contributed by atoms with E-state index in [0.29, 0.717) is 39.5 Å². The topological polar surface area (TPSA) is 91.5 Å². The molecule has 4 aromatic rings. The van der Waals surface area contributed by atoms with Crippen LogP contribution < -0.4 is 16.0 Å². The fourth-order valence-electron chi connectivity index (χ4n) is 3.90. The maximum atomic E-state index is 13.4. The number of oxazole rings is 1. The molecule has 1 atom stereocenters. The number of carbonyl (C=O) groups is 1. The molecule has 1 amide bonds. The number of nitrogens with one attached hydrogen (secondary N) is 3. The van der Waals surface area contributed by atoms with Crippen molar-refractivity contribution in [2.75, 3.05) is 10.6 Å². The van der Waals surface area contributed by atoms with Crippen LogP contribution in [0.2, 0.25) is 5.02 Å². The zero-order chi connectivity index (χ0) is 23.7. The van der Waals surface area contributed by atoms with E-state index in [-0.39, 0.29) is 5.91 Å². The van der Waals surface area contributed by atoms with Crippen LogP contribution in [0.3, 0.4) is 0 Å². The lowest BCUT2D eigenvalue weighted by Gasteiger charge is -2.27. The molecule has 1 aliphatic rings. The second kappa shape index (κ2) is 9.03. The van der Waals surface area contributed by atoms with Crippen molar-refractivity contribution in [3.05, 3.63) is 100 Å². The number of hydrogen-bond donors (Lipinski definition) is 3. The Kier molecular flexibility index (Phi) is 5.77. The van der Waals surface area contributed by atoms with Crippen molar-refractivity contribution >= 4 is 46.3 Å². The van der Waals surface area contributed by atoms with Gasteiger partial charge in [0.2, 0.25) is 5.96 Å². The first-order chi connectivity index (χ1) is 16.5. The number of anilines is 2. The van der Waals surface area contributed by atoms with Crippen LogP contribution in [0.25, 0.3) is 11.1 Å². The molecular formula is C26H22ClN5O2. The summed E-state index contributed by atoms with van der Waals surface area (Å²) in [6, 6.07) is 22.2. The lowest BCUT2D eigenvalue weighted by atomic mass is 9.95. The van der Waals surface area contributed by atoms with Crippen LogP contribution in [0, 0.1) is 6.92 Å². The molecule has 170 valence electrons. The smallest absolute Gasteiger partial charge is 0.302 e. The highest BCUT2D eigenvalue weighted by molar-refractivity contribution is 6.31. The number of halogens is 1. The van der Waals surface area contributed by atoms with E-state index in [2.05, 4.69) is 20.9 Å². The molecule has 1 unspecified atom stereocenters. The predicted molar refractivity (Wildman–Crippen MR) is 135 cm³/mol. The van der Waals surface area contributed by atoms with Crippen molar-refractivity contribution in [3.8, 4) is 0 Å². The monoisotopic (exact) mass is 471 g/mol. The number of aromatic nitrogens is 1. The molecule has 0 bridgehead atoms. The number of nitrogens with zero attached hydrogens (tertiary/aromatic N) is 2. The van der Waals surface area contributed by atoms with Gasteiger partial charge in [-0.3, -0.25) is 10.1 Å². The van der Waals surface area contributed by atoms with Crippen LogP contribution in [0.4, 0.5) is 11.7 Å². The molecule has 5 rings (SSSR count). The molecule has 0 fully saturated rings. The fourth-order valence-corrected chi connectivity index (χ4v) is 4.14. The molecule has 2 heterocycles. The predicted octanol–water partition coefficient (Wildman–Crippen LogP) is 5.81. The van der Waals surface area contributed by atoms with Crippen molar-refractivity contribution in [1.82, 2.24) is 10.3 Å². The summed E-state index contributed by atoms with van der Waals surface area (Å²) in [5.41, 5.74) is 4.99. The molecule has 0 saturated heterocycles. The number of para-hydroxylation sites is 2. The maximum Gasteiger partial charge on any atom is 0.302 e. The van der Waals surface area contributed by atoms with Crippen LogP contribution in [0.5, 0.6) is 0 Å². The summed E-state index contributed by atoms with van der Waals surface area (Å²) in [5.74, 6) is 0.145. The number of aryl methyl sites for hydroxylation is 1. The van der Waals surface area contributed by atoms with Gasteiger partial charge < -0.3 is 15.1 Å². The Labute approximate surface area is 201 Å². The molecule has 0 radical (unpaired) electrons. The largest absolute Gasteiger partial charge is 0.423 e. The zero-order valence-corrected chi connectivity index (χ0v) is 19.4. The molecule has 34 heavy (non-hydrogen) atoms. The standard InChI is InChI=1S/C26H22ClN5O2/c1-15-8-7-9-17(14-15)29-24(33)22-16(2)28-25(31-23(22)18-10-3-4-11-19(18)27)32-26-30-20-12-5-6-13-21(20)34-26/h3-14,23H,1-2H3,(H,29,33)(H2,28,30,31,32). The van der Waals surface area contributed by atoms with E-state index in [1.807, 2.05) is 80.6 Å². The van der Waals surface area contributed by atoms with Crippen LogP contribution >= 0.6 is 11.6 Å². The Morgan fingerprint density at radius 1 is 1.03 bits per heavy atom. The van der Waals surface area contributed by atoms with E-state index in [1.54, 1.807) is 6.07 Å². The van der Waals surface area contributed by atoms with Gasteiger partial charge in [0.1, 0.15) is 11.6 Å². The Hall–Kier alpha value is -4.10. The molecule has 0 spiro atoms. The number of carbonyl (C=O) groups excluding carboxylic acids is 1.